The second-order valence-electron chi connectivity index (χ2n) is 2.48. The van der Waals surface area contributed by atoms with Crippen molar-refractivity contribution in [3.63, 3.8) is 0 Å². The van der Waals surface area contributed by atoms with Crippen LogP contribution in [0.15, 0.2) is 18.2 Å². The minimum atomic E-state index is -0.529. The minimum Gasteiger partial charge on any atom is -0.329 e. The zero-order valence-corrected chi connectivity index (χ0v) is 8.41. The molecule has 0 aromatic heterocycles. The summed E-state index contributed by atoms with van der Waals surface area (Å²) < 4.78 is 13.1. The molecule has 1 aromatic rings. The van der Waals surface area contributed by atoms with Crippen molar-refractivity contribution in [2.75, 3.05) is 6.54 Å². The lowest BCUT2D eigenvalue weighted by Gasteiger charge is -2.11. The molecule has 0 radical (unpaired) electrons. The first-order chi connectivity index (χ1) is 5.66. The van der Waals surface area contributed by atoms with E-state index in [2.05, 4.69) is 0 Å². The second kappa shape index (κ2) is 5.40. The third-order valence-electron chi connectivity index (χ3n) is 1.62. The molecule has 0 aliphatic rings. The molecule has 0 unspecified atom stereocenters. The highest BCUT2D eigenvalue weighted by Crippen LogP contribution is 2.23. The molecule has 0 bridgehead atoms. The van der Waals surface area contributed by atoms with Gasteiger partial charge in [0.1, 0.15) is 5.82 Å². The van der Waals surface area contributed by atoms with Gasteiger partial charge in [-0.2, -0.15) is 0 Å². The maximum atomic E-state index is 13.1. The van der Waals surface area contributed by atoms with E-state index in [4.69, 9.17) is 23.1 Å². The molecule has 1 atom stereocenters. The second-order valence-corrected chi connectivity index (χ2v) is 2.88. The zero-order valence-electron chi connectivity index (χ0n) is 6.84. The Hall–Kier alpha value is -0.350. The molecular formula is C8H11Cl2FN2. The Balaban J connectivity index is 0.00000144. The van der Waals surface area contributed by atoms with E-state index in [1.54, 1.807) is 6.07 Å². The molecule has 0 aliphatic carbocycles. The monoisotopic (exact) mass is 224 g/mol. The van der Waals surface area contributed by atoms with Gasteiger partial charge in [-0.25, -0.2) is 4.39 Å². The summed E-state index contributed by atoms with van der Waals surface area (Å²) in [5.74, 6) is -0.402. The van der Waals surface area contributed by atoms with Gasteiger partial charge in [0.15, 0.2) is 0 Å². The lowest BCUT2D eigenvalue weighted by atomic mass is 10.1. The lowest BCUT2D eigenvalue weighted by Crippen LogP contribution is -2.22. The molecule has 0 fully saturated rings. The van der Waals surface area contributed by atoms with E-state index < -0.39 is 11.9 Å². The largest absolute Gasteiger partial charge is 0.329 e. The number of benzene rings is 1. The van der Waals surface area contributed by atoms with Crippen LogP contribution < -0.4 is 11.5 Å². The summed E-state index contributed by atoms with van der Waals surface area (Å²) in [5.41, 5.74) is 11.1. The van der Waals surface area contributed by atoms with Crippen molar-refractivity contribution in [2.24, 2.45) is 11.5 Å². The lowest BCUT2D eigenvalue weighted by molar-refractivity contribution is 0.584. The fourth-order valence-electron chi connectivity index (χ4n) is 0.983. The summed E-state index contributed by atoms with van der Waals surface area (Å²) in [4.78, 5) is 0. The van der Waals surface area contributed by atoms with Gasteiger partial charge >= 0.3 is 0 Å². The van der Waals surface area contributed by atoms with Crippen molar-refractivity contribution in [1.29, 1.82) is 0 Å². The molecule has 5 heteroatoms. The van der Waals surface area contributed by atoms with Gasteiger partial charge in [-0.3, -0.25) is 0 Å². The van der Waals surface area contributed by atoms with Gasteiger partial charge in [0.05, 0.1) is 0 Å². The van der Waals surface area contributed by atoms with Gasteiger partial charge in [-0.15, -0.1) is 12.4 Å². The van der Waals surface area contributed by atoms with Crippen LogP contribution in [0, 0.1) is 5.82 Å². The quantitative estimate of drug-likeness (QED) is 0.807. The zero-order chi connectivity index (χ0) is 9.14. The van der Waals surface area contributed by atoms with Crippen LogP contribution in [-0.4, -0.2) is 6.54 Å². The topological polar surface area (TPSA) is 52.0 Å². The molecule has 0 saturated heterocycles. The Morgan fingerprint density at radius 3 is 2.54 bits per heavy atom. The summed E-state index contributed by atoms with van der Waals surface area (Å²) in [6.45, 7) is 0.181. The molecule has 0 aliphatic heterocycles. The fourth-order valence-corrected chi connectivity index (χ4v) is 1.29. The van der Waals surface area contributed by atoms with Crippen LogP contribution in [0.2, 0.25) is 5.02 Å². The molecule has 1 aromatic carbocycles. The highest BCUT2D eigenvalue weighted by Gasteiger charge is 2.12. The molecule has 0 heterocycles. The van der Waals surface area contributed by atoms with Gasteiger partial charge in [-0.1, -0.05) is 17.7 Å². The number of hydrogen-bond donors (Lipinski definition) is 2. The summed E-state index contributed by atoms with van der Waals surface area (Å²) >= 11 is 5.73. The maximum absolute atomic E-state index is 13.1. The van der Waals surface area contributed by atoms with Crippen LogP contribution in [0.5, 0.6) is 0 Å². The Bertz CT molecular complexity index is 261. The normalized spacial score (nSPS) is 12.0. The molecule has 4 N–H and O–H groups in total. The van der Waals surface area contributed by atoms with E-state index in [0.29, 0.717) is 10.6 Å². The summed E-state index contributed by atoms with van der Waals surface area (Å²) in [6.07, 6.45) is 0. The molecule has 2 nitrogen and oxygen atoms in total. The van der Waals surface area contributed by atoms with Crippen LogP contribution in [0.1, 0.15) is 11.6 Å². The first-order valence-electron chi connectivity index (χ1n) is 3.56. The van der Waals surface area contributed by atoms with Crippen molar-refractivity contribution < 1.29 is 4.39 Å². The first-order valence-corrected chi connectivity index (χ1v) is 3.94. The number of halogens is 3. The standard InChI is InChI=1S/C8H10ClFN2.ClH/c9-5-2-1-3-6(10)8(5)7(12)4-11;/h1-3,7H,4,11-12H2;1H/t7-;/m0./s1. The molecule has 74 valence electrons. The Morgan fingerprint density at radius 1 is 1.46 bits per heavy atom. The maximum Gasteiger partial charge on any atom is 0.129 e. The first kappa shape index (κ1) is 12.7. The van der Waals surface area contributed by atoms with Crippen LogP contribution in [0.3, 0.4) is 0 Å². The SMILES string of the molecule is Cl.NC[C@H](N)c1c(F)cccc1Cl. The van der Waals surface area contributed by atoms with Crippen molar-refractivity contribution in [2.45, 2.75) is 6.04 Å². The Labute approximate surface area is 87.5 Å². The molecule has 13 heavy (non-hydrogen) atoms. The van der Waals surface area contributed by atoms with Crippen molar-refractivity contribution >= 4 is 24.0 Å². The van der Waals surface area contributed by atoms with E-state index in [1.807, 2.05) is 0 Å². The third-order valence-corrected chi connectivity index (χ3v) is 1.95. The van der Waals surface area contributed by atoms with Gasteiger partial charge in [0.2, 0.25) is 0 Å². The van der Waals surface area contributed by atoms with Crippen LogP contribution >= 0.6 is 24.0 Å². The third kappa shape index (κ3) is 2.81. The van der Waals surface area contributed by atoms with E-state index in [1.165, 1.54) is 12.1 Å². The number of hydrogen-bond acceptors (Lipinski definition) is 2. The molecule has 0 spiro atoms. The van der Waals surface area contributed by atoms with E-state index in [-0.39, 0.29) is 19.0 Å². The van der Waals surface area contributed by atoms with Gasteiger partial charge < -0.3 is 11.5 Å². The van der Waals surface area contributed by atoms with Crippen LogP contribution in [0.4, 0.5) is 4.39 Å². The number of nitrogens with two attached hydrogens (primary N) is 2. The van der Waals surface area contributed by atoms with Gasteiger partial charge in [-0.05, 0) is 12.1 Å². The van der Waals surface area contributed by atoms with E-state index in [9.17, 15) is 4.39 Å². The summed E-state index contributed by atoms with van der Waals surface area (Å²) in [6, 6.07) is 3.91. The predicted octanol–water partition coefficient (Wildman–Crippen LogP) is 1.86. The van der Waals surface area contributed by atoms with Crippen molar-refractivity contribution in [1.82, 2.24) is 0 Å². The van der Waals surface area contributed by atoms with E-state index in [0.717, 1.165) is 0 Å². The Kier molecular flexibility index (Phi) is 5.25. The average Bonchev–Trinajstić information content (AvgIpc) is 2.03. The van der Waals surface area contributed by atoms with Gasteiger partial charge in [0, 0.05) is 23.2 Å². The minimum absolute atomic E-state index is 0. The molecule has 0 saturated carbocycles. The van der Waals surface area contributed by atoms with Crippen molar-refractivity contribution in [3.05, 3.63) is 34.6 Å². The number of rotatable bonds is 2. The summed E-state index contributed by atoms with van der Waals surface area (Å²) in [5, 5.41) is 0.327. The van der Waals surface area contributed by atoms with Gasteiger partial charge in [0.25, 0.3) is 0 Å². The van der Waals surface area contributed by atoms with Crippen LogP contribution in [0.25, 0.3) is 0 Å². The van der Waals surface area contributed by atoms with Crippen LogP contribution in [-0.2, 0) is 0 Å². The summed E-state index contributed by atoms with van der Waals surface area (Å²) in [7, 11) is 0. The fraction of sp³-hybridized carbons (Fsp3) is 0.250. The highest BCUT2D eigenvalue weighted by molar-refractivity contribution is 6.31. The molecule has 1 rings (SSSR count). The van der Waals surface area contributed by atoms with E-state index >= 15 is 0 Å². The average molecular weight is 225 g/mol. The highest BCUT2D eigenvalue weighted by atomic mass is 35.5. The predicted molar refractivity (Wildman–Crippen MR) is 54.6 cm³/mol. The Morgan fingerprint density at radius 2 is 2.08 bits per heavy atom. The molecular weight excluding hydrogens is 214 g/mol. The smallest absolute Gasteiger partial charge is 0.129 e. The van der Waals surface area contributed by atoms with Crippen molar-refractivity contribution in [3.8, 4) is 0 Å². The molecule has 0 amide bonds.